The Hall–Kier alpha value is -2.62. The second-order valence-electron chi connectivity index (χ2n) is 6.55. The second-order valence-corrected chi connectivity index (χ2v) is 6.55. The van der Waals surface area contributed by atoms with E-state index < -0.39 is 0 Å². The van der Waals surface area contributed by atoms with E-state index in [0.29, 0.717) is 42.1 Å². The first-order chi connectivity index (χ1) is 13.3. The van der Waals surface area contributed by atoms with Crippen molar-refractivity contribution in [1.29, 1.82) is 0 Å². The molecule has 1 aromatic carbocycles. The fourth-order valence-electron chi connectivity index (χ4n) is 3.35. The van der Waals surface area contributed by atoms with Crippen LogP contribution in [-0.2, 0) is 0 Å². The van der Waals surface area contributed by atoms with Crippen LogP contribution in [0.25, 0.3) is 22.9 Å². The van der Waals surface area contributed by atoms with Crippen LogP contribution in [0.4, 0.5) is 0 Å². The van der Waals surface area contributed by atoms with Crippen molar-refractivity contribution in [1.82, 2.24) is 25.3 Å². The third-order valence-corrected chi connectivity index (χ3v) is 4.83. The summed E-state index contributed by atoms with van der Waals surface area (Å²) in [6.45, 7) is 3.74. The lowest BCUT2D eigenvalue weighted by molar-refractivity contribution is 0.171. The van der Waals surface area contributed by atoms with Gasteiger partial charge in [-0.15, -0.1) is 12.4 Å². The van der Waals surface area contributed by atoms with Crippen molar-refractivity contribution in [2.75, 3.05) is 39.9 Å². The molecule has 0 amide bonds. The molecule has 0 saturated carbocycles. The highest BCUT2D eigenvalue weighted by atomic mass is 35.5. The summed E-state index contributed by atoms with van der Waals surface area (Å²) in [6.07, 6.45) is 1.37. The average Bonchev–Trinajstić information content (AvgIpc) is 3.37. The minimum absolute atomic E-state index is 0. The third kappa shape index (κ3) is 3.32. The summed E-state index contributed by atoms with van der Waals surface area (Å²) in [5.41, 5.74) is 1.32. The molecule has 0 bridgehead atoms. The van der Waals surface area contributed by atoms with Crippen LogP contribution < -0.4 is 14.8 Å². The van der Waals surface area contributed by atoms with E-state index in [1.807, 2.05) is 18.2 Å². The number of hydrogen-bond donors (Lipinski definition) is 1. The maximum atomic E-state index is 5.65. The van der Waals surface area contributed by atoms with Gasteiger partial charge < -0.3 is 23.7 Å². The molecule has 2 aromatic heterocycles. The van der Waals surface area contributed by atoms with Gasteiger partial charge in [0.25, 0.3) is 5.89 Å². The smallest absolute Gasteiger partial charge is 0.280 e. The quantitative estimate of drug-likeness (QED) is 0.702. The van der Waals surface area contributed by atoms with E-state index in [1.165, 1.54) is 6.39 Å². The Balaban J connectivity index is 0.00000192. The van der Waals surface area contributed by atoms with E-state index in [1.54, 1.807) is 0 Å². The van der Waals surface area contributed by atoms with Crippen LogP contribution in [0, 0.1) is 0 Å². The molecule has 1 atom stereocenters. The first kappa shape index (κ1) is 18.7. The summed E-state index contributed by atoms with van der Waals surface area (Å²) in [5, 5.41) is 7.51. The maximum Gasteiger partial charge on any atom is 0.280 e. The van der Waals surface area contributed by atoms with Gasteiger partial charge >= 0.3 is 0 Å². The number of oxazole rings is 1. The molecule has 5 rings (SSSR count). The van der Waals surface area contributed by atoms with Crippen molar-refractivity contribution in [3.05, 3.63) is 30.4 Å². The molecule has 1 fully saturated rings. The van der Waals surface area contributed by atoms with Gasteiger partial charge in [-0.05, 0) is 25.2 Å². The summed E-state index contributed by atoms with van der Waals surface area (Å²) in [4.78, 5) is 11.1. The first-order valence-electron chi connectivity index (χ1n) is 8.88. The number of nitrogens with zero attached hydrogens (tertiary/aromatic N) is 4. The number of rotatable bonds is 3. The lowest BCUT2D eigenvalue weighted by Gasteiger charge is -2.30. The highest BCUT2D eigenvalue weighted by Gasteiger charge is 2.27. The molecule has 3 aromatic rings. The SMILES string of the molecule is CN1CCNCC1c1noc(-c2ncoc2-c2ccc3c(c2)OCCO3)n1.Cl. The molecular formula is C18H20ClN5O4. The van der Waals surface area contributed by atoms with Crippen LogP contribution in [0.1, 0.15) is 11.9 Å². The number of benzene rings is 1. The largest absolute Gasteiger partial charge is 0.486 e. The van der Waals surface area contributed by atoms with Crippen LogP contribution in [-0.4, -0.2) is 59.9 Å². The Kier molecular flexibility index (Phi) is 5.21. The highest BCUT2D eigenvalue weighted by Crippen LogP contribution is 2.37. The summed E-state index contributed by atoms with van der Waals surface area (Å²) in [6, 6.07) is 5.70. The van der Waals surface area contributed by atoms with Crippen LogP contribution in [0.5, 0.6) is 11.5 Å². The number of ether oxygens (including phenoxy) is 2. The summed E-state index contributed by atoms with van der Waals surface area (Å²) in [5.74, 6) is 2.93. The lowest BCUT2D eigenvalue weighted by atomic mass is 10.1. The van der Waals surface area contributed by atoms with Crippen molar-refractivity contribution >= 4 is 12.4 Å². The molecule has 2 aliphatic heterocycles. The number of halogens is 1. The van der Waals surface area contributed by atoms with Gasteiger partial charge in [-0.1, -0.05) is 5.16 Å². The van der Waals surface area contributed by atoms with E-state index in [4.69, 9.17) is 18.4 Å². The molecule has 0 radical (unpaired) electrons. The van der Waals surface area contributed by atoms with Gasteiger partial charge in [0, 0.05) is 25.2 Å². The Morgan fingerprint density at radius 3 is 2.89 bits per heavy atom. The number of hydrogen-bond acceptors (Lipinski definition) is 9. The molecule has 1 saturated heterocycles. The zero-order valence-electron chi connectivity index (χ0n) is 15.3. The normalized spacial score (nSPS) is 19.2. The van der Waals surface area contributed by atoms with E-state index in [-0.39, 0.29) is 18.4 Å². The number of piperazine rings is 1. The zero-order valence-corrected chi connectivity index (χ0v) is 16.1. The number of fused-ring (bicyclic) bond motifs is 1. The fraction of sp³-hybridized carbons (Fsp3) is 0.389. The standard InChI is InChI=1S/C18H19N5O4.ClH/c1-23-5-4-19-9-12(23)17-21-18(27-22-17)15-16(26-10-20-15)11-2-3-13-14(8-11)25-7-6-24-13;/h2-3,8,10,12,19H,4-7,9H2,1H3;1H. The zero-order chi connectivity index (χ0) is 18.2. The van der Waals surface area contributed by atoms with Gasteiger partial charge in [-0.25, -0.2) is 4.98 Å². The Morgan fingerprint density at radius 1 is 1.18 bits per heavy atom. The van der Waals surface area contributed by atoms with Gasteiger partial charge in [0.05, 0.1) is 6.04 Å². The van der Waals surface area contributed by atoms with Crippen LogP contribution in [0.15, 0.2) is 33.5 Å². The van der Waals surface area contributed by atoms with Crippen molar-refractivity contribution in [2.45, 2.75) is 6.04 Å². The molecule has 148 valence electrons. The predicted octanol–water partition coefficient (Wildman–Crippen LogP) is 2.16. The second kappa shape index (κ2) is 7.78. The van der Waals surface area contributed by atoms with Gasteiger partial charge in [-0.3, -0.25) is 4.90 Å². The topological polar surface area (TPSA) is 98.7 Å². The minimum Gasteiger partial charge on any atom is -0.486 e. The van der Waals surface area contributed by atoms with Crippen molar-refractivity contribution in [3.63, 3.8) is 0 Å². The van der Waals surface area contributed by atoms with Gasteiger partial charge in [0.1, 0.15) is 13.2 Å². The number of likely N-dealkylation sites (N-methyl/N-ethyl adjacent to an activating group) is 1. The molecule has 1 N–H and O–H groups in total. The number of aromatic nitrogens is 3. The Bertz CT molecular complexity index is 959. The Labute approximate surface area is 167 Å². The van der Waals surface area contributed by atoms with Crippen LogP contribution in [0.3, 0.4) is 0 Å². The fourth-order valence-corrected chi connectivity index (χ4v) is 3.35. The Morgan fingerprint density at radius 2 is 2.04 bits per heavy atom. The minimum atomic E-state index is 0. The number of nitrogens with one attached hydrogen (secondary N) is 1. The molecule has 4 heterocycles. The van der Waals surface area contributed by atoms with Crippen molar-refractivity contribution in [3.8, 4) is 34.4 Å². The first-order valence-corrected chi connectivity index (χ1v) is 8.88. The van der Waals surface area contributed by atoms with Crippen molar-refractivity contribution < 1.29 is 18.4 Å². The maximum absolute atomic E-state index is 5.65. The molecule has 0 spiro atoms. The molecule has 0 aliphatic carbocycles. The van der Waals surface area contributed by atoms with Crippen LogP contribution >= 0.6 is 12.4 Å². The summed E-state index contributed by atoms with van der Waals surface area (Å²) in [7, 11) is 2.05. The lowest BCUT2D eigenvalue weighted by Crippen LogP contribution is -2.44. The predicted molar refractivity (Wildman–Crippen MR) is 102 cm³/mol. The molecule has 2 aliphatic rings. The van der Waals surface area contributed by atoms with E-state index in [0.717, 1.165) is 30.9 Å². The van der Waals surface area contributed by atoms with Gasteiger partial charge in [0.2, 0.25) is 0 Å². The van der Waals surface area contributed by atoms with Crippen LogP contribution in [0.2, 0.25) is 0 Å². The molecule has 9 nitrogen and oxygen atoms in total. The van der Waals surface area contributed by atoms with E-state index in [2.05, 4.69) is 32.4 Å². The van der Waals surface area contributed by atoms with Crippen molar-refractivity contribution in [2.24, 2.45) is 0 Å². The summed E-state index contributed by atoms with van der Waals surface area (Å²) < 4.78 is 22.3. The van der Waals surface area contributed by atoms with E-state index >= 15 is 0 Å². The molecule has 1 unspecified atom stereocenters. The van der Waals surface area contributed by atoms with Gasteiger partial charge in [0.15, 0.2) is 35.2 Å². The average molecular weight is 406 g/mol. The van der Waals surface area contributed by atoms with Gasteiger partial charge in [-0.2, -0.15) is 4.98 Å². The third-order valence-electron chi connectivity index (χ3n) is 4.83. The monoisotopic (exact) mass is 405 g/mol. The summed E-state index contributed by atoms with van der Waals surface area (Å²) >= 11 is 0. The van der Waals surface area contributed by atoms with E-state index in [9.17, 15) is 0 Å². The highest BCUT2D eigenvalue weighted by molar-refractivity contribution is 5.85. The molecule has 10 heteroatoms. The molecule has 28 heavy (non-hydrogen) atoms. The molecular weight excluding hydrogens is 386 g/mol.